The third kappa shape index (κ3) is 2.72. The highest BCUT2D eigenvalue weighted by molar-refractivity contribution is 6.12. The molecule has 0 unspecified atom stereocenters. The van der Waals surface area contributed by atoms with Crippen molar-refractivity contribution >= 4 is 17.9 Å². The Labute approximate surface area is 121 Å². The minimum atomic E-state index is -0.474. The standard InChI is InChI=1S/C17H10N2O2/c18-11-13-8-6-12(7-9-13)10-15-17(20)21-16(19-15)14-4-2-1-3-5-14/h1-10H/b15-10-. The second-order valence-corrected chi connectivity index (χ2v) is 4.44. The number of benzene rings is 2. The Morgan fingerprint density at radius 2 is 1.76 bits per heavy atom. The average Bonchev–Trinajstić information content (AvgIpc) is 2.90. The number of esters is 1. The van der Waals surface area contributed by atoms with Crippen LogP contribution in [0.2, 0.25) is 0 Å². The van der Waals surface area contributed by atoms with Crippen molar-refractivity contribution < 1.29 is 9.53 Å². The maximum Gasteiger partial charge on any atom is 0.363 e. The zero-order valence-corrected chi connectivity index (χ0v) is 11.0. The lowest BCUT2D eigenvalue weighted by Crippen LogP contribution is -2.04. The molecule has 0 bridgehead atoms. The summed E-state index contributed by atoms with van der Waals surface area (Å²) in [6.07, 6.45) is 1.64. The molecule has 0 spiro atoms. The minimum Gasteiger partial charge on any atom is -0.402 e. The van der Waals surface area contributed by atoms with Crippen LogP contribution in [0.1, 0.15) is 16.7 Å². The Kier molecular flexibility index (Phi) is 3.32. The number of cyclic esters (lactones) is 1. The molecule has 0 saturated carbocycles. The molecule has 4 nitrogen and oxygen atoms in total. The molecule has 3 rings (SSSR count). The van der Waals surface area contributed by atoms with Gasteiger partial charge < -0.3 is 4.74 Å². The van der Waals surface area contributed by atoms with Crippen LogP contribution in [0, 0.1) is 11.3 Å². The summed E-state index contributed by atoms with van der Waals surface area (Å²) in [5, 5.41) is 8.75. The number of carbonyl (C=O) groups is 1. The first-order valence-electron chi connectivity index (χ1n) is 6.34. The number of nitriles is 1. The van der Waals surface area contributed by atoms with E-state index >= 15 is 0 Å². The van der Waals surface area contributed by atoms with Gasteiger partial charge >= 0.3 is 5.97 Å². The number of ether oxygens (including phenoxy) is 1. The van der Waals surface area contributed by atoms with E-state index in [1.165, 1.54) is 0 Å². The van der Waals surface area contributed by atoms with Crippen LogP contribution in [0.4, 0.5) is 0 Å². The first kappa shape index (κ1) is 12.8. The van der Waals surface area contributed by atoms with Crippen LogP contribution in [0.3, 0.4) is 0 Å². The number of nitrogens with zero attached hydrogens (tertiary/aromatic N) is 2. The van der Waals surface area contributed by atoms with E-state index in [1.54, 1.807) is 30.3 Å². The Balaban J connectivity index is 1.91. The molecular formula is C17H10N2O2. The quantitative estimate of drug-likeness (QED) is 0.625. The molecule has 0 fully saturated rings. The van der Waals surface area contributed by atoms with E-state index in [0.29, 0.717) is 11.5 Å². The van der Waals surface area contributed by atoms with Crippen molar-refractivity contribution in [2.24, 2.45) is 4.99 Å². The summed E-state index contributed by atoms with van der Waals surface area (Å²) in [5.41, 5.74) is 2.37. The summed E-state index contributed by atoms with van der Waals surface area (Å²) in [4.78, 5) is 16.0. The van der Waals surface area contributed by atoms with Gasteiger partial charge in [-0.1, -0.05) is 30.3 Å². The minimum absolute atomic E-state index is 0.249. The van der Waals surface area contributed by atoms with Gasteiger partial charge in [0.15, 0.2) is 5.70 Å². The van der Waals surface area contributed by atoms with Gasteiger partial charge in [0.05, 0.1) is 11.6 Å². The van der Waals surface area contributed by atoms with Crippen LogP contribution in [0.25, 0.3) is 6.08 Å². The second kappa shape index (κ2) is 5.43. The maximum atomic E-state index is 11.8. The number of carbonyl (C=O) groups excluding carboxylic acids is 1. The molecule has 1 heterocycles. The van der Waals surface area contributed by atoms with E-state index in [-0.39, 0.29) is 5.70 Å². The number of rotatable bonds is 2. The van der Waals surface area contributed by atoms with Gasteiger partial charge in [-0.25, -0.2) is 9.79 Å². The van der Waals surface area contributed by atoms with E-state index in [9.17, 15) is 4.79 Å². The molecule has 100 valence electrons. The fraction of sp³-hybridized carbons (Fsp3) is 0. The molecule has 0 radical (unpaired) electrons. The SMILES string of the molecule is N#Cc1ccc(/C=C2\N=C(c3ccccc3)OC2=O)cc1. The predicted octanol–water partition coefficient (Wildman–Crippen LogP) is 2.90. The van der Waals surface area contributed by atoms with Crippen molar-refractivity contribution in [1.29, 1.82) is 5.26 Å². The lowest BCUT2D eigenvalue weighted by molar-refractivity contribution is -0.129. The van der Waals surface area contributed by atoms with E-state index in [0.717, 1.165) is 11.1 Å². The normalized spacial score (nSPS) is 15.5. The molecule has 0 aromatic heterocycles. The molecular weight excluding hydrogens is 264 g/mol. The largest absolute Gasteiger partial charge is 0.402 e. The monoisotopic (exact) mass is 274 g/mol. The summed E-state index contributed by atoms with van der Waals surface area (Å²) in [5.74, 6) is -0.168. The molecule has 1 aliphatic heterocycles. The molecule has 0 amide bonds. The van der Waals surface area contributed by atoms with E-state index in [4.69, 9.17) is 10.00 Å². The predicted molar refractivity (Wildman–Crippen MR) is 78.2 cm³/mol. The third-order valence-corrected chi connectivity index (χ3v) is 2.98. The molecule has 1 aliphatic rings. The molecule has 21 heavy (non-hydrogen) atoms. The summed E-state index contributed by atoms with van der Waals surface area (Å²) in [6.45, 7) is 0. The fourth-order valence-electron chi connectivity index (χ4n) is 1.93. The number of aliphatic imine (C=N–C) groups is 1. The van der Waals surface area contributed by atoms with Crippen molar-refractivity contribution in [3.63, 3.8) is 0 Å². The lowest BCUT2D eigenvalue weighted by Gasteiger charge is -1.97. The van der Waals surface area contributed by atoms with Gasteiger partial charge in [0.25, 0.3) is 0 Å². The summed E-state index contributed by atoms with van der Waals surface area (Å²) in [7, 11) is 0. The molecule has 0 saturated heterocycles. The van der Waals surface area contributed by atoms with Gasteiger partial charge in [0.2, 0.25) is 5.90 Å². The highest BCUT2D eigenvalue weighted by atomic mass is 16.6. The Morgan fingerprint density at radius 1 is 1.05 bits per heavy atom. The molecule has 0 atom stereocenters. The van der Waals surface area contributed by atoms with Gasteiger partial charge in [0, 0.05) is 5.56 Å². The fourth-order valence-corrected chi connectivity index (χ4v) is 1.93. The van der Waals surface area contributed by atoms with Crippen molar-refractivity contribution in [3.8, 4) is 6.07 Å². The lowest BCUT2D eigenvalue weighted by atomic mass is 10.1. The second-order valence-electron chi connectivity index (χ2n) is 4.44. The summed E-state index contributed by atoms with van der Waals surface area (Å²) < 4.78 is 5.17. The van der Waals surface area contributed by atoms with E-state index < -0.39 is 5.97 Å². The Bertz CT molecular complexity index is 782. The van der Waals surface area contributed by atoms with Crippen molar-refractivity contribution in [2.45, 2.75) is 0 Å². The highest BCUT2D eigenvalue weighted by Gasteiger charge is 2.23. The molecule has 4 heteroatoms. The van der Waals surface area contributed by atoms with Gasteiger partial charge in [-0.15, -0.1) is 0 Å². The average molecular weight is 274 g/mol. The van der Waals surface area contributed by atoms with Crippen LogP contribution < -0.4 is 0 Å². The smallest absolute Gasteiger partial charge is 0.363 e. The number of hydrogen-bond acceptors (Lipinski definition) is 4. The van der Waals surface area contributed by atoms with E-state index in [1.807, 2.05) is 36.4 Å². The summed E-state index contributed by atoms with van der Waals surface area (Å²) in [6, 6.07) is 18.2. The molecule has 0 N–H and O–H groups in total. The van der Waals surface area contributed by atoms with Crippen LogP contribution >= 0.6 is 0 Å². The van der Waals surface area contributed by atoms with Crippen LogP contribution in [-0.4, -0.2) is 11.9 Å². The van der Waals surface area contributed by atoms with Crippen molar-refractivity contribution in [2.75, 3.05) is 0 Å². The topological polar surface area (TPSA) is 62.4 Å². The Morgan fingerprint density at radius 3 is 2.43 bits per heavy atom. The van der Waals surface area contributed by atoms with Crippen LogP contribution in [0.15, 0.2) is 65.3 Å². The number of hydrogen-bond donors (Lipinski definition) is 0. The van der Waals surface area contributed by atoms with E-state index in [2.05, 4.69) is 4.99 Å². The first-order chi connectivity index (χ1) is 10.3. The molecule has 2 aromatic rings. The van der Waals surface area contributed by atoms with Gasteiger partial charge in [-0.05, 0) is 35.9 Å². The first-order valence-corrected chi connectivity index (χ1v) is 6.34. The summed E-state index contributed by atoms with van der Waals surface area (Å²) >= 11 is 0. The zero-order valence-electron chi connectivity index (χ0n) is 11.0. The van der Waals surface area contributed by atoms with Gasteiger partial charge in [0.1, 0.15) is 0 Å². The van der Waals surface area contributed by atoms with Crippen LogP contribution in [-0.2, 0) is 9.53 Å². The van der Waals surface area contributed by atoms with Crippen molar-refractivity contribution in [3.05, 3.63) is 77.0 Å². The van der Waals surface area contributed by atoms with Crippen LogP contribution in [0.5, 0.6) is 0 Å². The molecule has 0 aliphatic carbocycles. The maximum absolute atomic E-state index is 11.8. The third-order valence-electron chi connectivity index (χ3n) is 2.98. The highest BCUT2D eigenvalue weighted by Crippen LogP contribution is 2.19. The zero-order chi connectivity index (χ0) is 14.7. The Hall–Kier alpha value is -3.19. The van der Waals surface area contributed by atoms with Gasteiger partial charge in [-0.2, -0.15) is 5.26 Å². The van der Waals surface area contributed by atoms with Gasteiger partial charge in [-0.3, -0.25) is 0 Å². The molecule has 2 aromatic carbocycles. The van der Waals surface area contributed by atoms with Crippen molar-refractivity contribution in [1.82, 2.24) is 0 Å².